The van der Waals surface area contributed by atoms with E-state index in [1.807, 2.05) is 36.4 Å². The van der Waals surface area contributed by atoms with Gasteiger partial charge in [0.2, 0.25) is 0 Å². The number of hydrogen-bond acceptors (Lipinski definition) is 3. The van der Waals surface area contributed by atoms with Crippen LogP contribution in [-0.2, 0) is 12.8 Å². The lowest BCUT2D eigenvalue weighted by Gasteiger charge is -2.17. The number of ketones is 1. The average molecular weight is 327 g/mol. The Hall–Kier alpha value is -1.97. The summed E-state index contributed by atoms with van der Waals surface area (Å²) in [5.41, 5.74) is 0.976. The average Bonchev–Trinajstić information content (AvgIpc) is 2.53. The van der Waals surface area contributed by atoms with E-state index in [0.29, 0.717) is 12.0 Å². The molecule has 0 aliphatic heterocycles. The molecule has 3 nitrogen and oxygen atoms in total. The van der Waals surface area contributed by atoms with E-state index in [0.717, 1.165) is 16.7 Å². The molecule has 0 saturated heterocycles. The van der Waals surface area contributed by atoms with Gasteiger partial charge in [-0.2, -0.15) is 0 Å². The first-order valence-electron chi connectivity index (χ1n) is 8.66. The Morgan fingerprint density at radius 2 is 1.29 bits per heavy atom. The molecule has 0 heterocycles. The van der Waals surface area contributed by atoms with Crippen molar-refractivity contribution in [3.8, 4) is 0 Å². The zero-order chi connectivity index (χ0) is 18.8. The van der Waals surface area contributed by atoms with E-state index >= 15 is 0 Å². The number of carbonyl (C=O) groups is 1. The van der Waals surface area contributed by atoms with E-state index in [1.54, 1.807) is 26.0 Å². The number of hydrogen-bond donors (Lipinski definition) is 2. The first-order chi connectivity index (χ1) is 11.5. The molecule has 0 amide bonds. The van der Waals surface area contributed by atoms with Crippen molar-refractivity contribution in [3.63, 3.8) is 0 Å². The van der Waals surface area contributed by atoms with Crippen LogP contribution in [0.1, 0.15) is 56.1 Å². The third-order valence-corrected chi connectivity index (χ3v) is 3.68. The summed E-state index contributed by atoms with van der Waals surface area (Å²) < 4.78 is 8.07. The third kappa shape index (κ3) is 5.29. The van der Waals surface area contributed by atoms with Crippen LogP contribution in [-0.4, -0.2) is 27.2 Å². The Morgan fingerprint density at radius 3 is 1.71 bits per heavy atom. The first-order valence-corrected chi connectivity index (χ1v) is 8.08. The molecule has 128 valence electrons. The fourth-order valence-electron chi connectivity index (χ4n) is 2.50. The molecule has 1 unspecified atom stereocenters. The Kier molecular flexibility index (Phi) is 4.83. The first kappa shape index (κ1) is 16.9. The maximum atomic E-state index is 12.0. The van der Waals surface area contributed by atoms with Gasteiger partial charge in [-0.1, -0.05) is 48.5 Å². The van der Waals surface area contributed by atoms with Gasteiger partial charge >= 0.3 is 0 Å². The molecule has 0 radical (unpaired) electrons. The second kappa shape index (κ2) is 6.88. The lowest BCUT2D eigenvalue weighted by molar-refractivity contribution is 0.0488. The monoisotopic (exact) mass is 327 g/mol. The molecule has 2 aromatic carbocycles. The van der Waals surface area contributed by atoms with Crippen LogP contribution >= 0.6 is 0 Å². The van der Waals surface area contributed by atoms with Crippen LogP contribution in [0.15, 0.2) is 48.5 Å². The quantitative estimate of drug-likeness (QED) is 0.798. The van der Waals surface area contributed by atoms with Crippen molar-refractivity contribution >= 4 is 5.78 Å². The lowest BCUT2D eigenvalue weighted by atomic mass is 9.94. The Morgan fingerprint density at radius 1 is 0.875 bits per heavy atom. The fourth-order valence-corrected chi connectivity index (χ4v) is 2.50. The van der Waals surface area contributed by atoms with Gasteiger partial charge in [0, 0.05) is 13.3 Å². The molecular weight excluding hydrogens is 300 g/mol. The van der Waals surface area contributed by atoms with Gasteiger partial charge in [0.15, 0.2) is 5.78 Å². The van der Waals surface area contributed by atoms with Crippen molar-refractivity contribution < 1.29 is 16.4 Å². The standard InChI is InChI=1S/C21H26O3/c1-20(2,23)14-17-7-5-15(6-8-17)13-16-9-11-18(12-10-16)19(22)21(3,4)24/h5-12,23-24H,13-14H2,1-4H3/i14D. The molecular formula is C21H26O3. The molecule has 24 heavy (non-hydrogen) atoms. The van der Waals surface area contributed by atoms with Crippen LogP contribution in [0.25, 0.3) is 0 Å². The molecule has 0 saturated carbocycles. The number of Topliss-reactive ketones (excluding diaryl/α,β-unsaturated/α-hetero) is 1. The summed E-state index contributed by atoms with van der Waals surface area (Å²) >= 11 is 0. The van der Waals surface area contributed by atoms with Crippen molar-refractivity contribution in [2.24, 2.45) is 0 Å². The van der Waals surface area contributed by atoms with Crippen molar-refractivity contribution in [1.29, 1.82) is 0 Å². The minimum Gasteiger partial charge on any atom is -0.390 e. The maximum Gasteiger partial charge on any atom is 0.193 e. The van der Waals surface area contributed by atoms with Crippen molar-refractivity contribution in [1.82, 2.24) is 0 Å². The smallest absolute Gasteiger partial charge is 0.193 e. The van der Waals surface area contributed by atoms with Crippen LogP contribution in [0.3, 0.4) is 0 Å². The lowest BCUT2D eigenvalue weighted by Crippen LogP contribution is -2.31. The minimum absolute atomic E-state index is 0.295. The molecule has 0 spiro atoms. The van der Waals surface area contributed by atoms with Gasteiger partial charge in [0.05, 0.1) is 5.60 Å². The predicted octanol–water partition coefficient (Wildman–Crippen LogP) is 3.54. The highest BCUT2D eigenvalue weighted by Gasteiger charge is 2.24. The highest BCUT2D eigenvalue weighted by Crippen LogP contribution is 2.17. The summed E-state index contributed by atoms with van der Waals surface area (Å²) in [5, 5.41) is 19.7. The Bertz CT molecular complexity index is 720. The predicted molar refractivity (Wildman–Crippen MR) is 96.3 cm³/mol. The Labute approximate surface area is 145 Å². The van der Waals surface area contributed by atoms with Gasteiger partial charge in [-0.05, 0) is 50.8 Å². The van der Waals surface area contributed by atoms with Crippen LogP contribution in [0.2, 0.25) is 0 Å². The van der Waals surface area contributed by atoms with Crippen LogP contribution < -0.4 is 0 Å². The summed E-state index contributed by atoms with van der Waals surface area (Å²) in [4.78, 5) is 12.0. The Balaban J connectivity index is 2.09. The number of carbonyl (C=O) groups excluding carboxylic acids is 1. The van der Waals surface area contributed by atoms with E-state index < -0.39 is 17.6 Å². The highest BCUT2D eigenvalue weighted by molar-refractivity contribution is 6.01. The minimum atomic E-state index is -1.37. The molecule has 0 aliphatic carbocycles. The van der Waals surface area contributed by atoms with E-state index in [2.05, 4.69) is 0 Å². The second-order valence-corrected chi connectivity index (χ2v) is 7.30. The summed E-state index contributed by atoms with van der Waals surface area (Å²) in [6.45, 7) is 6.24. The van der Waals surface area contributed by atoms with Crippen molar-refractivity contribution in [3.05, 3.63) is 70.8 Å². The van der Waals surface area contributed by atoms with E-state index in [1.165, 1.54) is 13.8 Å². The molecule has 0 aromatic heterocycles. The van der Waals surface area contributed by atoms with Crippen LogP contribution in [0.5, 0.6) is 0 Å². The van der Waals surface area contributed by atoms with Gasteiger partial charge in [0.1, 0.15) is 5.60 Å². The third-order valence-electron chi connectivity index (χ3n) is 3.68. The molecule has 0 fully saturated rings. The van der Waals surface area contributed by atoms with Crippen molar-refractivity contribution in [2.45, 2.75) is 51.7 Å². The number of rotatable bonds is 6. The summed E-state index contributed by atoms with van der Waals surface area (Å²) in [5.74, 6) is -0.295. The molecule has 0 bridgehead atoms. The highest BCUT2D eigenvalue weighted by atomic mass is 16.3. The molecule has 3 heteroatoms. The molecule has 2 N–H and O–H groups in total. The van der Waals surface area contributed by atoms with E-state index in [-0.39, 0.29) is 5.78 Å². The molecule has 2 rings (SSSR count). The van der Waals surface area contributed by atoms with Gasteiger partial charge < -0.3 is 10.2 Å². The summed E-state index contributed by atoms with van der Waals surface area (Å²) in [6, 6.07) is 14.9. The summed E-state index contributed by atoms with van der Waals surface area (Å²) in [6.07, 6.45) is 0.0244. The normalized spacial score (nSPS) is 14.2. The molecule has 0 aliphatic rings. The van der Waals surface area contributed by atoms with E-state index in [9.17, 15) is 15.0 Å². The number of benzene rings is 2. The van der Waals surface area contributed by atoms with Crippen molar-refractivity contribution in [2.75, 3.05) is 0 Å². The van der Waals surface area contributed by atoms with Gasteiger partial charge in [-0.25, -0.2) is 0 Å². The topological polar surface area (TPSA) is 57.5 Å². The summed E-state index contributed by atoms with van der Waals surface area (Å²) in [7, 11) is 0. The van der Waals surface area contributed by atoms with Crippen LogP contribution in [0.4, 0.5) is 0 Å². The zero-order valence-corrected chi connectivity index (χ0v) is 14.7. The van der Waals surface area contributed by atoms with Gasteiger partial charge in [-0.3, -0.25) is 4.79 Å². The maximum absolute atomic E-state index is 12.0. The van der Waals surface area contributed by atoms with Gasteiger partial charge in [0.25, 0.3) is 0 Å². The van der Waals surface area contributed by atoms with Crippen LogP contribution in [0, 0.1) is 0 Å². The SMILES string of the molecule is [2H]C(c1ccc(Cc2ccc(C(=O)C(C)(C)O)cc2)cc1)C(C)(C)O. The second-order valence-electron chi connectivity index (χ2n) is 7.30. The zero-order valence-electron chi connectivity index (χ0n) is 15.7. The van der Waals surface area contributed by atoms with Gasteiger partial charge in [-0.15, -0.1) is 0 Å². The fraction of sp³-hybridized carbons (Fsp3) is 0.381. The molecule has 2 aromatic rings. The largest absolute Gasteiger partial charge is 0.390 e. The van der Waals surface area contributed by atoms with E-state index in [4.69, 9.17) is 1.37 Å². The molecule has 1 atom stereocenters. The number of aliphatic hydroxyl groups is 2.